The number of aromatic hydroxyl groups is 11. The van der Waals surface area contributed by atoms with Crippen molar-refractivity contribution in [1.82, 2.24) is 120 Å². The van der Waals surface area contributed by atoms with Gasteiger partial charge in [0.05, 0.1) is 43.0 Å². The molecule has 0 saturated heterocycles. The first-order valence-electron chi connectivity index (χ1n) is 36.4. The Morgan fingerprint density at radius 1 is 0.234 bits per heavy atom. The fourth-order valence-corrected chi connectivity index (χ4v) is 11.8. The van der Waals surface area contributed by atoms with E-state index in [0.29, 0.717) is 112 Å². The maximum absolute atomic E-state index is 10.5. The molecule has 0 radical (unpaired) electrons. The Labute approximate surface area is 713 Å². The number of imidazole rings is 6. The van der Waals surface area contributed by atoms with E-state index in [4.69, 9.17) is 11.6 Å². The summed E-state index contributed by atoms with van der Waals surface area (Å²) in [5, 5.41) is 161. The molecule has 0 bridgehead atoms. The molecule has 0 aliphatic rings. The highest BCUT2D eigenvalue weighted by molar-refractivity contribution is 6.32. The van der Waals surface area contributed by atoms with Crippen molar-refractivity contribution in [3.8, 4) is 63.2 Å². The van der Waals surface area contributed by atoms with Crippen LogP contribution >= 0.6 is 11.6 Å². The van der Waals surface area contributed by atoms with Crippen molar-refractivity contribution in [1.29, 1.82) is 0 Å². The second kappa shape index (κ2) is 36.9. The number of benzene rings is 9. The van der Waals surface area contributed by atoms with Gasteiger partial charge in [0.15, 0.2) is 39.6 Å². The third kappa shape index (κ3) is 18.4. The van der Waals surface area contributed by atoms with Gasteiger partial charge < -0.3 is 86.1 Å². The Kier molecular flexibility index (Phi) is 23.7. The molecule has 0 amide bonds. The Balaban J connectivity index is 0.000000113. The summed E-state index contributed by atoms with van der Waals surface area (Å²) in [6.07, 6.45) is 16.9. The SMILES string of the molecule is O=Nc1cc(N=Nc2ncnc3nc[nH]c23)c(O)cc1O.Oc1cc(O)c(N=Nc2ncnc3nc[nH]c23)cc1Cl.Oc1ccc(N=Nc2ncnc3nc[nH]c23)c(O)c1.Oc1ccc2c(N=Nc3ncnc4nc[nH]c34)c(O)ccc2c1.Oc1ccc2ccc(O)c(N=Nc3ncnc4nc[nH]c34)c2c1.Oc1ccc2ccccc2c1N=Nc1ncnc2nc[nH]c12. The van der Waals surface area contributed by atoms with Crippen LogP contribution in [-0.2, 0) is 0 Å². The van der Waals surface area contributed by atoms with E-state index in [1.807, 2.05) is 30.3 Å². The van der Waals surface area contributed by atoms with Gasteiger partial charge in [-0.2, -0.15) is 0 Å². The van der Waals surface area contributed by atoms with Gasteiger partial charge in [-0.15, -0.1) is 66.3 Å². The minimum atomic E-state index is -0.445. The van der Waals surface area contributed by atoms with Crippen LogP contribution in [0.2, 0.25) is 5.02 Å². The van der Waals surface area contributed by atoms with Crippen molar-refractivity contribution < 1.29 is 56.2 Å². The highest BCUT2D eigenvalue weighted by Crippen LogP contribution is 2.44. The molecule has 0 aliphatic carbocycles. The van der Waals surface area contributed by atoms with Crippen LogP contribution < -0.4 is 0 Å². The standard InChI is InChI=1S/2C15H10N6O2.C15H10N6O.C11H7ClN6O2.C11H7N7O3.C11H8N6O2/c22-9-2-3-10-8(5-9)1-4-11(23)12(10)20-21-15-13-14(17-6-16-13)18-7-19-15;22-9-3-1-8-2-4-11(23)12(10(8)5-9)20-21-15-13-14(17-6-16-13)18-7-19-15;22-11-6-5-9-3-1-2-4-10(9)12(11)20-21-15-13-14(17-7-16-13)18-8-19-15;12-5-1-6(8(20)2-7(5)19)17-18-11-9-10(14-3-13-9)15-4-16-11;19-7-2-8(20)6(18-21)1-5(7)16-17-11-9-10(13-3-12-9)14-4-15-11;18-6-1-2-7(8(19)3-6)16-17-11-9-10(13-4-12-9)14-5-15-11/h2*1-7,22-23H,(H,16,17,18,19);1-8,22H,(H,16,17,18,19);1-4,19-20H,(H,13,14,15,16);1-4,19-20H,(H,12,13,14,15);1-5,18-19H,(H,12,13,14,15). The van der Waals surface area contributed by atoms with E-state index >= 15 is 0 Å². The van der Waals surface area contributed by atoms with E-state index in [1.54, 1.807) is 42.5 Å². The number of H-pyrrole nitrogens is 6. The van der Waals surface area contributed by atoms with E-state index in [1.165, 1.54) is 124 Å². The quantitative estimate of drug-likeness (QED) is 0.0376. The molecule has 21 aromatic rings. The smallest absolute Gasteiger partial charge is 0.203 e. The van der Waals surface area contributed by atoms with Gasteiger partial charge in [0.1, 0.15) is 168 Å². The number of aromatic amines is 6. The van der Waals surface area contributed by atoms with Gasteiger partial charge in [-0.25, -0.2) is 89.7 Å². The molecule has 0 unspecified atom stereocenters. The predicted octanol–water partition coefficient (Wildman–Crippen LogP) is 17.9. The van der Waals surface area contributed by atoms with Gasteiger partial charge in [-0.05, 0) is 88.1 Å². The van der Waals surface area contributed by atoms with Crippen molar-refractivity contribution in [2.45, 2.75) is 0 Å². The average Bonchev–Trinajstić information content (AvgIpc) is 1.36. The number of hydrogen-bond donors (Lipinski definition) is 17. The first-order chi connectivity index (χ1) is 62.3. The molecule has 12 aromatic heterocycles. The summed E-state index contributed by atoms with van der Waals surface area (Å²) in [6, 6.07) is 35.6. The first-order valence-corrected chi connectivity index (χ1v) is 36.8. The predicted molar refractivity (Wildman–Crippen MR) is 455 cm³/mol. The molecule has 0 spiro atoms. The number of halogens is 1. The van der Waals surface area contributed by atoms with Crippen LogP contribution in [0.4, 0.5) is 74.7 Å². The molecule has 49 nitrogen and oxygen atoms in total. The zero-order valence-corrected chi connectivity index (χ0v) is 65.0. The topological polar surface area (TPSA) is 727 Å². The fourth-order valence-electron chi connectivity index (χ4n) is 11.6. The lowest BCUT2D eigenvalue weighted by Gasteiger charge is -2.04. The average molecular weight is 1730 g/mol. The Morgan fingerprint density at radius 2 is 0.547 bits per heavy atom. The number of aromatic nitrogens is 24. The van der Waals surface area contributed by atoms with Gasteiger partial charge in [0.2, 0.25) is 34.9 Å². The monoisotopic (exact) mass is 1730 g/mol. The summed E-state index contributed by atoms with van der Waals surface area (Å²) in [5.41, 5.74) is 7.15. The summed E-state index contributed by atoms with van der Waals surface area (Å²) < 4.78 is 0. The third-order valence-electron chi connectivity index (χ3n) is 17.7. The van der Waals surface area contributed by atoms with E-state index in [0.717, 1.165) is 39.7 Å². The summed E-state index contributed by atoms with van der Waals surface area (Å²) in [4.78, 5) is 99.6. The van der Waals surface area contributed by atoms with E-state index < -0.39 is 5.75 Å². The molecule has 128 heavy (non-hydrogen) atoms. The summed E-state index contributed by atoms with van der Waals surface area (Å²) in [6.45, 7) is 0. The number of azo groups is 6. The maximum Gasteiger partial charge on any atom is 0.203 e. The van der Waals surface area contributed by atoms with E-state index in [9.17, 15) is 61.1 Å². The second-order valence-corrected chi connectivity index (χ2v) is 26.1. The minimum absolute atomic E-state index is 0.0122. The fraction of sp³-hybridized carbons (Fsp3) is 0. The van der Waals surface area contributed by atoms with Crippen LogP contribution in [0.5, 0.6) is 63.2 Å². The summed E-state index contributed by atoms with van der Waals surface area (Å²) in [7, 11) is 0. The minimum Gasteiger partial charge on any atom is -0.508 e. The number of nitroso groups, excluding NO2 is 1. The molecule has 21 rings (SSSR count). The van der Waals surface area contributed by atoms with Gasteiger partial charge >= 0.3 is 0 Å². The largest absolute Gasteiger partial charge is 0.508 e. The van der Waals surface area contributed by atoms with Crippen molar-refractivity contribution in [3.05, 3.63) is 225 Å². The van der Waals surface area contributed by atoms with E-state index in [-0.39, 0.29) is 103 Å². The number of phenols is 11. The van der Waals surface area contributed by atoms with Crippen LogP contribution in [-0.4, -0.2) is 176 Å². The molecule has 0 atom stereocenters. The molecule has 0 fully saturated rings. The molecule has 0 aliphatic heterocycles. The van der Waals surface area contributed by atoms with Crippen LogP contribution in [0.3, 0.4) is 0 Å². The Morgan fingerprint density at radius 3 is 0.969 bits per heavy atom. The molecule has 50 heteroatoms. The lowest BCUT2D eigenvalue weighted by molar-refractivity contribution is 0.450. The number of nitrogens with zero attached hydrogens (tertiary/aromatic N) is 31. The van der Waals surface area contributed by atoms with Gasteiger partial charge in [0, 0.05) is 40.4 Å². The van der Waals surface area contributed by atoms with Gasteiger partial charge in [0.25, 0.3) is 0 Å². The van der Waals surface area contributed by atoms with Crippen molar-refractivity contribution in [3.63, 3.8) is 0 Å². The van der Waals surface area contributed by atoms with Crippen LogP contribution in [0.25, 0.3) is 99.3 Å². The van der Waals surface area contributed by atoms with Crippen molar-refractivity contribution in [2.75, 3.05) is 0 Å². The zero-order valence-electron chi connectivity index (χ0n) is 64.3. The Hall–Kier alpha value is -19.6. The van der Waals surface area contributed by atoms with Gasteiger partial charge in [-0.1, -0.05) is 60.1 Å². The zero-order chi connectivity index (χ0) is 88.7. The molecule has 9 aromatic carbocycles. The summed E-state index contributed by atoms with van der Waals surface area (Å²) >= 11 is 5.74. The Bertz CT molecular complexity index is 7930. The first kappa shape index (κ1) is 82.1. The molecular formula is C78H52ClN37O12. The molecule has 12 heterocycles. The van der Waals surface area contributed by atoms with Crippen LogP contribution in [0.15, 0.2) is 282 Å². The molecule has 628 valence electrons. The third-order valence-corrected chi connectivity index (χ3v) is 18.0. The number of phenolic OH excluding ortho intramolecular Hbond substituents is 11. The van der Waals surface area contributed by atoms with Crippen molar-refractivity contribution in [2.24, 2.45) is 66.5 Å². The maximum atomic E-state index is 10.5. The second-order valence-electron chi connectivity index (χ2n) is 25.7. The van der Waals surface area contributed by atoms with Crippen LogP contribution in [0, 0.1) is 4.91 Å². The van der Waals surface area contributed by atoms with Crippen molar-refractivity contribution >= 4 is 186 Å². The number of nitrogens with one attached hydrogen (secondary N) is 6. The molecule has 17 N–H and O–H groups in total. The highest BCUT2D eigenvalue weighted by Gasteiger charge is 2.17. The van der Waals surface area contributed by atoms with Crippen LogP contribution in [0.1, 0.15) is 0 Å². The molecule has 0 saturated carbocycles. The number of fused-ring (bicyclic) bond motifs is 9. The highest BCUT2D eigenvalue weighted by atomic mass is 35.5. The number of rotatable bonds is 13. The lowest BCUT2D eigenvalue weighted by Crippen LogP contribution is -1.81. The van der Waals surface area contributed by atoms with Gasteiger partial charge in [-0.3, -0.25) is 0 Å². The normalized spacial score (nSPS) is 11.5. The van der Waals surface area contributed by atoms with E-state index in [2.05, 4.69) is 186 Å². The lowest BCUT2D eigenvalue weighted by atomic mass is 10.1. The number of hydrogen-bond acceptors (Lipinski definition) is 43. The molecular weight excluding hydrogens is 1680 g/mol. The summed E-state index contributed by atoms with van der Waals surface area (Å²) in [5.74, 6) is 0.551.